The van der Waals surface area contributed by atoms with Crippen LogP contribution in [0.1, 0.15) is 31.5 Å². The van der Waals surface area contributed by atoms with Crippen LogP contribution in [0.3, 0.4) is 0 Å². The van der Waals surface area contributed by atoms with E-state index in [1.807, 2.05) is 25.3 Å². The van der Waals surface area contributed by atoms with E-state index in [9.17, 15) is 5.11 Å². The van der Waals surface area contributed by atoms with Gasteiger partial charge in [-0.05, 0) is 37.5 Å². The Morgan fingerprint density at radius 1 is 1.33 bits per heavy atom. The van der Waals surface area contributed by atoms with Gasteiger partial charge in [0.05, 0.1) is 6.20 Å². The van der Waals surface area contributed by atoms with E-state index >= 15 is 0 Å². The Hall–Kier alpha value is -1.75. The van der Waals surface area contributed by atoms with Crippen molar-refractivity contribution in [1.29, 1.82) is 0 Å². The Balaban J connectivity index is 1.99. The zero-order valence-corrected chi connectivity index (χ0v) is 10.7. The van der Waals surface area contributed by atoms with Gasteiger partial charge in [0.2, 0.25) is 0 Å². The van der Waals surface area contributed by atoms with E-state index in [-0.39, 0.29) is 0 Å². The molecule has 0 saturated carbocycles. The highest BCUT2D eigenvalue weighted by Gasteiger charge is 2.24. The van der Waals surface area contributed by atoms with Crippen LogP contribution in [0.5, 0.6) is 0 Å². The molecule has 18 heavy (non-hydrogen) atoms. The fourth-order valence-corrected chi connectivity index (χ4v) is 1.63. The van der Waals surface area contributed by atoms with Crippen molar-refractivity contribution in [3.63, 3.8) is 0 Å². The third-order valence-corrected chi connectivity index (χ3v) is 3.16. The lowest BCUT2D eigenvalue weighted by molar-refractivity contribution is 0.0484. The maximum Gasteiger partial charge on any atom is 0.114 e. The van der Waals surface area contributed by atoms with Crippen LogP contribution < -0.4 is 0 Å². The van der Waals surface area contributed by atoms with Crippen LogP contribution in [0.25, 0.3) is 0 Å². The second-order valence-corrected chi connectivity index (χ2v) is 4.60. The van der Waals surface area contributed by atoms with Gasteiger partial charge in [-0.25, -0.2) is 0 Å². The summed E-state index contributed by atoms with van der Waals surface area (Å²) in [6, 6.07) is 3.97. The van der Waals surface area contributed by atoms with Crippen molar-refractivity contribution >= 4 is 0 Å². The van der Waals surface area contributed by atoms with Gasteiger partial charge >= 0.3 is 0 Å². The molecule has 0 fully saturated rings. The molecule has 0 aliphatic rings. The molecule has 2 heterocycles. The highest BCUT2D eigenvalue weighted by Crippen LogP contribution is 2.21. The summed E-state index contributed by atoms with van der Waals surface area (Å²) in [5.41, 5.74) is 0.943. The van der Waals surface area contributed by atoms with Crippen LogP contribution in [-0.4, -0.2) is 25.1 Å². The summed E-state index contributed by atoms with van der Waals surface area (Å²) < 4.78 is 1.76. The Morgan fingerprint density at radius 2 is 2.06 bits per heavy atom. The molecule has 2 rings (SSSR count). The van der Waals surface area contributed by atoms with Gasteiger partial charge in [0.25, 0.3) is 0 Å². The molecule has 2 aromatic heterocycles. The van der Waals surface area contributed by atoms with Crippen LogP contribution >= 0.6 is 0 Å². The average molecular weight is 246 g/mol. The molecule has 0 aromatic carbocycles. The standard InChI is InChI=1S/C13H18N4O/c1-3-13(2,18)12-10-17(16-15-12)9-6-11-4-7-14-8-5-11/h4-5,7-8,10,18H,3,6,9H2,1-2H3. The number of nitrogens with zero attached hydrogens (tertiary/aromatic N) is 4. The third kappa shape index (κ3) is 2.92. The number of hydrogen-bond acceptors (Lipinski definition) is 4. The third-order valence-electron chi connectivity index (χ3n) is 3.16. The molecular weight excluding hydrogens is 228 g/mol. The van der Waals surface area contributed by atoms with Crippen molar-refractivity contribution < 1.29 is 5.11 Å². The highest BCUT2D eigenvalue weighted by molar-refractivity contribution is 5.10. The topological polar surface area (TPSA) is 63.8 Å². The smallest absolute Gasteiger partial charge is 0.114 e. The minimum absolute atomic E-state index is 0.621. The van der Waals surface area contributed by atoms with Crippen LogP contribution in [0, 0.1) is 0 Å². The van der Waals surface area contributed by atoms with Gasteiger partial charge in [-0.3, -0.25) is 9.67 Å². The first-order chi connectivity index (χ1) is 8.62. The summed E-state index contributed by atoms with van der Waals surface area (Å²) in [5.74, 6) is 0. The average Bonchev–Trinajstić information content (AvgIpc) is 2.87. The second-order valence-electron chi connectivity index (χ2n) is 4.60. The maximum atomic E-state index is 10.1. The Labute approximate surface area is 106 Å². The lowest BCUT2D eigenvalue weighted by Gasteiger charge is -2.16. The Bertz CT molecular complexity index is 493. The Kier molecular flexibility index (Phi) is 3.72. The van der Waals surface area contributed by atoms with Gasteiger partial charge in [-0.1, -0.05) is 12.1 Å². The zero-order chi connectivity index (χ0) is 13.0. The normalized spacial score (nSPS) is 14.4. The Morgan fingerprint density at radius 3 is 2.72 bits per heavy atom. The summed E-state index contributed by atoms with van der Waals surface area (Å²) in [4.78, 5) is 3.98. The molecule has 1 unspecified atom stereocenters. The first-order valence-electron chi connectivity index (χ1n) is 6.13. The molecule has 0 aliphatic heterocycles. The zero-order valence-electron chi connectivity index (χ0n) is 10.7. The van der Waals surface area contributed by atoms with Crippen LogP contribution in [-0.2, 0) is 18.6 Å². The minimum Gasteiger partial charge on any atom is -0.384 e. The fraction of sp³-hybridized carbons (Fsp3) is 0.462. The maximum absolute atomic E-state index is 10.1. The molecule has 2 aromatic rings. The molecule has 96 valence electrons. The van der Waals surface area contributed by atoms with Crippen molar-refractivity contribution in [1.82, 2.24) is 20.0 Å². The largest absolute Gasteiger partial charge is 0.384 e. The van der Waals surface area contributed by atoms with Gasteiger partial charge in [0, 0.05) is 18.9 Å². The molecule has 0 bridgehead atoms. The van der Waals surface area contributed by atoms with E-state index in [0.29, 0.717) is 12.1 Å². The number of rotatable bonds is 5. The molecule has 0 radical (unpaired) electrons. The van der Waals surface area contributed by atoms with Crippen molar-refractivity contribution in [3.8, 4) is 0 Å². The van der Waals surface area contributed by atoms with Crippen LogP contribution in [0.4, 0.5) is 0 Å². The summed E-state index contributed by atoms with van der Waals surface area (Å²) in [7, 11) is 0. The van der Waals surface area contributed by atoms with Crippen LogP contribution in [0.2, 0.25) is 0 Å². The van der Waals surface area contributed by atoms with Crippen LogP contribution in [0.15, 0.2) is 30.7 Å². The summed E-state index contributed by atoms with van der Waals surface area (Å²) in [6.07, 6.45) is 6.87. The molecular formula is C13H18N4O. The first-order valence-corrected chi connectivity index (χ1v) is 6.13. The molecule has 0 saturated heterocycles. The fourth-order valence-electron chi connectivity index (χ4n) is 1.63. The summed E-state index contributed by atoms with van der Waals surface area (Å²) in [6.45, 7) is 4.43. The number of pyridine rings is 1. The highest BCUT2D eigenvalue weighted by atomic mass is 16.3. The van der Waals surface area contributed by atoms with Gasteiger partial charge in [-0.15, -0.1) is 5.10 Å². The SMILES string of the molecule is CCC(C)(O)c1cn(CCc2ccncc2)nn1. The van der Waals surface area contributed by atoms with E-state index in [0.717, 1.165) is 13.0 Å². The number of hydrogen-bond donors (Lipinski definition) is 1. The molecule has 5 heteroatoms. The van der Waals surface area contributed by atoms with E-state index in [4.69, 9.17) is 0 Å². The number of aromatic nitrogens is 4. The first kappa shape index (κ1) is 12.7. The molecule has 5 nitrogen and oxygen atoms in total. The molecule has 0 amide bonds. The lowest BCUT2D eigenvalue weighted by atomic mass is 10.0. The van der Waals surface area contributed by atoms with E-state index < -0.39 is 5.60 Å². The molecule has 0 spiro atoms. The van der Waals surface area contributed by atoms with Crippen molar-refractivity contribution in [2.24, 2.45) is 0 Å². The lowest BCUT2D eigenvalue weighted by Crippen LogP contribution is -2.20. The quantitative estimate of drug-likeness (QED) is 0.869. The van der Waals surface area contributed by atoms with Crippen molar-refractivity contribution in [2.75, 3.05) is 0 Å². The van der Waals surface area contributed by atoms with E-state index in [2.05, 4.69) is 15.3 Å². The minimum atomic E-state index is -0.894. The monoisotopic (exact) mass is 246 g/mol. The van der Waals surface area contributed by atoms with E-state index in [1.165, 1.54) is 5.56 Å². The summed E-state index contributed by atoms with van der Waals surface area (Å²) in [5, 5.41) is 18.1. The number of aryl methyl sites for hydroxylation is 2. The summed E-state index contributed by atoms with van der Waals surface area (Å²) >= 11 is 0. The molecule has 1 N–H and O–H groups in total. The molecule has 1 atom stereocenters. The van der Waals surface area contributed by atoms with Gasteiger partial charge in [0.15, 0.2) is 0 Å². The number of aliphatic hydroxyl groups is 1. The molecule has 0 aliphatic carbocycles. The van der Waals surface area contributed by atoms with Gasteiger partial charge in [-0.2, -0.15) is 0 Å². The van der Waals surface area contributed by atoms with Crippen molar-refractivity contribution in [2.45, 2.75) is 38.8 Å². The predicted octanol–water partition coefficient (Wildman–Crippen LogP) is 1.53. The predicted molar refractivity (Wildman–Crippen MR) is 67.8 cm³/mol. The van der Waals surface area contributed by atoms with Gasteiger partial charge in [0.1, 0.15) is 11.3 Å². The van der Waals surface area contributed by atoms with E-state index in [1.54, 1.807) is 24.0 Å². The van der Waals surface area contributed by atoms with Crippen molar-refractivity contribution in [3.05, 3.63) is 42.0 Å². The van der Waals surface area contributed by atoms with Gasteiger partial charge < -0.3 is 5.11 Å². The second kappa shape index (κ2) is 5.27.